The first-order valence-electron chi connectivity index (χ1n) is 8.39. The molecule has 0 saturated heterocycles. The molecular weight excluding hydrogens is 421 g/mol. The standard InChI is InChI=1S/C18H14FN3O7S/c1-9(16(23)20-13-8-10(30(2,28)29)6-7-12(13)19)21-17(24)11-4-3-5-14(22(26)27)15(11)18(21)25/h3-9H,1-2H3,(H,20,23). The van der Waals surface area contributed by atoms with Crippen LogP contribution in [-0.4, -0.2) is 48.3 Å². The SMILES string of the molecule is CC(C(=O)Nc1cc(S(C)(=O)=O)ccc1F)N1C(=O)c2cccc([N+](=O)[O-])c2C1=O. The molecule has 1 N–H and O–H groups in total. The van der Waals surface area contributed by atoms with E-state index in [-0.39, 0.29) is 10.5 Å². The van der Waals surface area contributed by atoms with Gasteiger partial charge in [0.15, 0.2) is 9.84 Å². The van der Waals surface area contributed by atoms with Gasteiger partial charge >= 0.3 is 0 Å². The van der Waals surface area contributed by atoms with E-state index < -0.39 is 61.3 Å². The van der Waals surface area contributed by atoms with Crippen molar-refractivity contribution < 1.29 is 32.1 Å². The zero-order valence-electron chi connectivity index (χ0n) is 15.6. The lowest BCUT2D eigenvalue weighted by Gasteiger charge is -2.21. The molecule has 12 heteroatoms. The number of halogens is 1. The molecule has 1 atom stereocenters. The Morgan fingerprint density at radius 2 is 1.87 bits per heavy atom. The number of imide groups is 1. The molecule has 156 valence electrons. The van der Waals surface area contributed by atoms with Crippen molar-refractivity contribution in [1.82, 2.24) is 4.90 Å². The number of rotatable bonds is 5. The summed E-state index contributed by atoms with van der Waals surface area (Å²) in [7, 11) is -3.68. The van der Waals surface area contributed by atoms with Crippen LogP contribution >= 0.6 is 0 Å². The van der Waals surface area contributed by atoms with Crippen molar-refractivity contribution >= 4 is 38.9 Å². The Morgan fingerprint density at radius 1 is 1.20 bits per heavy atom. The summed E-state index contributed by atoms with van der Waals surface area (Å²) in [5.74, 6) is -3.86. The third-order valence-corrected chi connectivity index (χ3v) is 5.62. The number of nitro benzene ring substituents is 1. The number of nitro groups is 1. The summed E-state index contributed by atoms with van der Waals surface area (Å²) in [6.45, 7) is 1.18. The Kier molecular flexibility index (Phi) is 5.12. The number of anilines is 1. The van der Waals surface area contributed by atoms with Gasteiger partial charge in [-0.1, -0.05) is 6.07 Å². The second-order valence-corrected chi connectivity index (χ2v) is 8.53. The number of amides is 3. The van der Waals surface area contributed by atoms with Gasteiger partial charge in [-0.05, 0) is 31.2 Å². The van der Waals surface area contributed by atoms with E-state index in [0.717, 1.165) is 30.5 Å². The number of benzene rings is 2. The second-order valence-electron chi connectivity index (χ2n) is 6.52. The van der Waals surface area contributed by atoms with Gasteiger partial charge in [0, 0.05) is 12.3 Å². The fourth-order valence-corrected chi connectivity index (χ4v) is 3.62. The molecule has 3 rings (SSSR count). The summed E-state index contributed by atoms with van der Waals surface area (Å²) in [5, 5.41) is 13.3. The zero-order valence-corrected chi connectivity index (χ0v) is 16.4. The summed E-state index contributed by atoms with van der Waals surface area (Å²) in [5.41, 5.74) is -1.69. The minimum atomic E-state index is -3.68. The number of hydrogen-bond donors (Lipinski definition) is 1. The van der Waals surface area contributed by atoms with Gasteiger partial charge in [0.2, 0.25) is 5.91 Å². The van der Waals surface area contributed by atoms with Crippen molar-refractivity contribution in [3.8, 4) is 0 Å². The maximum atomic E-state index is 14.0. The molecule has 0 aliphatic carbocycles. The number of carbonyl (C=O) groups excluding carboxylic acids is 3. The molecule has 10 nitrogen and oxygen atoms in total. The maximum absolute atomic E-state index is 14.0. The Labute approximate surface area is 169 Å². The van der Waals surface area contributed by atoms with Gasteiger partial charge in [0.25, 0.3) is 17.5 Å². The van der Waals surface area contributed by atoms with E-state index in [2.05, 4.69) is 5.32 Å². The molecule has 1 unspecified atom stereocenters. The monoisotopic (exact) mass is 435 g/mol. The normalized spacial score (nSPS) is 14.4. The molecule has 0 aromatic heterocycles. The summed E-state index contributed by atoms with van der Waals surface area (Å²) >= 11 is 0. The average Bonchev–Trinajstić information content (AvgIpc) is 2.92. The number of sulfone groups is 1. The summed E-state index contributed by atoms with van der Waals surface area (Å²) in [6, 6.07) is 4.84. The highest BCUT2D eigenvalue weighted by Gasteiger charge is 2.44. The molecule has 1 aliphatic rings. The van der Waals surface area contributed by atoms with Gasteiger partial charge in [0.1, 0.15) is 17.4 Å². The molecule has 0 bridgehead atoms. The first-order chi connectivity index (χ1) is 13.9. The first-order valence-corrected chi connectivity index (χ1v) is 10.3. The highest BCUT2D eigenvalue weighted by atomic mass is 32.2. The smallest absolute Gasteiger partial charge is 0.282 e. The van der Waals surface area contributed by atoms with E-state index in [1.807, 2.05) is 0 Å². The minimum Gasteiger partial charge on any atom is -0.322 e. The summed E-state index contributed by atoms with van der Waals surface area (Å²) < 4.78 is 37.3. The molecule has 2 aromatic rings. The van der Waals surface area contributed by atoms with E-state index in [0.29, 0.717) is 4.90 Å². The van der Waals surface area contributed by atoms with Gasteiger partial charge in [-0.2, -0.15) is 0 Å². The number of hydrogen-bond acceptors (Lipinski definition) is 7. The maximum Gasteiger partial charge on any atom is 0.282 e. The lowest BCUT2D eigenvalue weighted by atomic mass is 10.1. The molecule has 0 saturated carbocycles. The van der Waals surface area contributed by atoms with Crippen LogP contribution in [0.4, 0.5) is 15.8 Å². The van der Waals surface area contributed by atoms with Crippen LogP contribution in [0.15, 0.2) is 41.3 Å². The lowest BCUT2D eigenvalue weighted by molar-refractivity contribution is -0.385. The minimum absolute atomic E-state index is 0.223. The molecule has 2 aromatic carbocycles. The van der Waals surface area contributed by atoms with Crippen LogP contribution in [0.5, 0.6) is 0 Å². The molecule has 1 heterocycles. The van der Waals surface area contributed by atoms with Crippen LogP contribution < -0.4 is 5.32 Å². The fraction of sp³-hybridized carbons (Fsp3) is 0.167. The Hall–Kier alpha value is -3.67. The van der Waals surface area contributed by atoms with Gasteiger partial charge in [-0.25, -0.2) is 12.8 Å². The van der Waals surface area contributed by atoms with E-state index in [1.54, 1.807) is 0 Å². The fourth-order valence-electron chi connectivity index (χ4n) is 2.97. The van der Waals surface area contributed by atoms with Crippen molar-refractivity contribution in [2.45, 2.75) is 17.9 Å². The van der Waals surface area contributed by atoms with E-state index in [1.165, 1.54) is 19.1 Å². The van der Waals surface area contributed by atoms with E-state index in [9.17, 15) is 37.3 Å². The van der Waals surface area contributed by atoms with Crippen molar-refractivity contribution in [3.05, 3.63) is 63.5 Å². The van der Waals surface area contributed by atoms with Crippen LogP contribution in [-0.2, 0) is 14.6 Å². The highest BCUT2D eigenvalue weighted by molar-refractivity contribution is 7.90. The highest BCUT2D eigenvalue weighted by Crippen LogP contribution is 2.32. The Morgan fingerprint density at radius 3 is 2.47 bits per heavy atom. The predicted molar refractivity (Wildman–Crippen MR) is 101 cm³/mol. The largest absolute Gasteiger partial charge is 0.322 e. The number of nitrogens with one attached hydrogen (secondary N) is 1. The molecule has 1 aliphatic heterocycles. The molecule has 0 spiro atoms. The van der Waals surface area contributed by atoms with Gasteiger partial charge in [0.05, 0.1) is 21.1 Å². The first kappa shape index (κ1) is 21.0. The quantitative estimate of drug-likeness (QED) is 0.326. The van der Waals surface area contributed by atoms with Gasteiger partial charge < -0.3 is 5.32 Å². The van der Waals surface area contributed by atoms with Crippen LogP contribution in [0.3, 0.4) is 0 Å². The van der Waals surface area contributed by atoms with Crippen molar-refractivity contribution in [2.24, 2.45) is 0 Å². The van der Waals surface area contributed by atoms with Crippen molar-refractivity contribution in [1.29, 1.82) is 0 Å². The zero-order chi connectivity index (χ0) is 22.4. The second kappa shape index (κ2) is 7.30. The molecular formula is C18H14FN3O7S. The lowest BCUT2D eigenvalue weighted by Crippen LogP contribution is -2.45. The van der Waals surface area contributed by atoms with Gasteiger partial charge in [-0.15, -0.1) is 0 Å². The summed E-state index contributed by atoms with van der Waals surface area (Å²) in [4.78, 5) is 48.4. The predicted octanol–water partition coefficient (Wildman–Crippen LogP) is 1.76. The van der Waals surface area contributed by atoms with E-state index >= 15 is 0 Å². The Balaban J connectivity index is 1.91. The molecule has 3 amide bonds. The molecule has 0 radical (unpaired) electrons. The van der Waals surface area contributed by atoms with Crippen LogP contribution in [0.25, 0.3) is 0 Å². The number of carbonyl (C=O) groups is 3. The van der Waals surface area contributed by atoms with Gasteiger partial charge in [-0.3, -0.25) is 29.4 Å². The van der Waals surface area contributed by atoms with E-state index in [4.69, 9.17) is 0 Å². The van der Waals surface area contributed by atoms with Crippen LogP contribution in [0, 0.1) is 15.9 Å². The van der Waals surface area contributed by atoms with Crippen molar-refractivity contribution in [2.75, 3.05) is 11.6 Å². The Bertz CT molecular complexity index is 1230. The molecule has 0 fully saturated rings. The molecule has 30 heavy (non-hydrogen) atoms. The topological polar surface area (TPSA) is 144 Å². The van der Waals surface area contributed by atoms with Crippen LogP contribution in [0.2, 0.25) is 0 Å². The number of fused-ring (bicyclic) bond motifs is 1. The third-order valence-electron chi connectivity index (χ3n) is 4.51. The average molecular weight is 435 g/mol. The summed E-state index contributed by atoms with van der Waals surface area (Å²) in [6.07, 6.45) is 0.903. The van der Waals surface area contributed by atoms with Crippen molar-refractivity contribution in [3.63, 3.8) is 0 Å². The van der Waals surface area contributed by atoms with Crippen LogP contribution in [0.1, 0.15) is 27.6 Å². The number of nitrogens with zero attached hydrogens (tertiary/aromatic N) is 2. The third kappa shape index (κ3) is 3.52.